The molecule has 2 N–H and O–H groups in total. The van der Waals surface area contributed by atoms with Crippen molar-refractivity contribution in [3.63, 3.8) is 0 Å². The van der Waals surface area contributed by atoms with Gasteiger partial charge in [0.2, 0.25) is 10.0 Å². The summed E-state index contributed by atoms with van der Waals surface area (Å²) in [5.41, 5.74) is 2.51. The van der Waals surface area contributed by atoms with Crippen LogP contribution in [0.1, 0.15) is 17.7 Å². The van der Waals surface area contributed by atoms with E-state index in [2.05, 4.69) is 15.0 Å². The fraction of sp³-hybridized carbons (Fsp3) is 0.357. The molecule has 1 aromatic carbocycles. The number of hydrogen-bond donors (Lipinski definition) is 2. The number of nitrogens with one attached hydrogen (secondary N) is 2. The van der Waals surface area contributed by atoms with E-state index >= 15 is 0 Å². The Labute approximate surface area is 128 Å². The largest absolute Gasteiger partial charge is 0.359 e. The predicted molar refractivity (Wildman–Crippen MR) is 87.4 cm³/mol. The maximum Gasteiger partial charge on any atom is 0.229 e. The van der Waals surface area contributed by atoms with E-state index in [-0.39, 0.29) is 0 Å². The van der Waals surface area contributed by atoms with E-state index in [4.69, 9.17) is 0 Å². The fourth-order valence-electron chi connectivity index (χ4n) is 2.04. The molecular formula is C14H17N3O2S2. The van der Waals surface area contributed by atoms with Gasteiger partial charge in [0.1, 0.15) is 0 Å². The Morgan fingerprint density at radius 2 is 1.90 bits per heavy atom. The Bertz CT molecular complexity index is 747. The molecule has 1 fully saturated rings. The van der Waals surface area contributed by atoms with Gasteiger partial charge in [0, 0.05) is 22.2 Å². The molecular weight excluding hydrogens is 306 g/mol. The number of anilines is 2. The first-order chi connectivity index (χ1) is 9.90. The summed E-state index contributed by atoms with van der Waals surface area (Å²) < 4.78 is 24.8. The monoisotopic (exact) mass is 323 g/mol. The lowest BCUT2D eigenvalue weighted by Crippen LogP contribution is -2.09. The van der Waals surface area contributed by atoms with Gasteiger partial charge in [-0.3, -0.25) is 4.72 Å². The standard InChI is InChI=1S/C14H17N3O2S2/c1-9-13(16-14(20-9)15-11-7-8-11)10-3-5-12(6-4-10)17-21(2,18)19/h3-6,11,17H,7-8H2,1-2H3,(H,15,16). The molecule has 1 heterocycles. The summed E-state index contributed by atoms with van der Waals surface area (Å²) in [6.45, 7) is 2.05. The Kier molecular flexibility index (Phi) is 3.62. The summed E-state index contributed by atoms with van der Waals surface area (Å²) in [6, 6.07) is 7.86. The minimum Gasteiger partial charge on any atom is -0.359 e. The van der Waals surface area contributed by atoms with Gasteiger partial charge < -0.3 is 5.32 Å². The maximum absolute atomic E-state index is 11.2. The summed E-state index contributed by atoms with van der Waals surface area (Å²) in [6.07, 6.45) is 3.58. The predicted octanol–water partition coefficient (Wildman–Crippen LogP) is 3.06. The molecule has 0 atom stereocenters. The van der Waals surface area contributed by atoms with E-state index in [1.54, 1.807) is 23.5 Å². The Morgan fingerprint density at radius 1 is 1.24 bits per heavy atom. The summed E-state index contributed by atoms with van der Waals surface area (Å²) in [7, 11) is -3.24. The number of aromatic nitrogens is 1. The highest BCUT2D eigenvalue weighted by molar-refractivity contribution is 7.92. The number of thiazole rings is 1. The third-order valence-electron chi connectivity index (χ3n) is 3.16. The van der Waals surface area contributed by atoms with Crippen molar-refractivity contribution in [1.82, 2.24) is 4.98 Å². The molecule has 0 saturated heterocycles. The Balaban J connectivity index is 1.81. The summed E-state index contributed by atoms with van der Waals surface area (Å²) >= 11 is 1.66. The number of hydrogen-bond acceptors (Lipinski definition) is 5. The first-order valence-corrected chi connectivity index (χ1v) is 9.44. The summed E-state index contributed by atoms with van der Waals surface area (Å²) in [5.74, 6) is 0. The van der Waals surface area contributed by atoms with Crippen molar-refractivity contribution < 1.29 is 8.42 Å². The average molecular weight is 323 g/mol. The van der Waals surface area contributed by atoms with Crippen LogP contribution in [0.25, 0.3) is 11.3 Å². The lowest BCUT2D eigenvalue weighted by atomic mass is 10.1. The zero-order chi connectivity index (χ0) is 15.0. The van der Waals surface area contributed by atoms with Crippen LogP contribution in [0.15, 0.2) is 24.3 Å². The highest BCUT2D eigenvalue weighted by Crippen LogP contribution is 2.33. The quantitative estimate of drug-likeness (QED) is 0.887. The minimum atomic E-state index is -3.24. The van der Waals surface area contributed by atoms with Crippen molar-refractivity contribution in [3.8, 4) is 11.3 Å². The molecule has 0 bridgehead atoms. The molecule has 0 spiro atoms. The van der Waals surface area contributed by atoms with Crippen LogP contribution in [0.5, 0.6) is 0 Å². The lowest BCUT2D eigenvalue weighted by Gasteiger charge is -2.04. The van der Waals surface area contributed by atoms with Crippen LogP contribution in [-0.2, 0) is 10.0 Å². The van der Waals surface area contributed by atoms with Gasteiger partial charge >= 0.3 is 0 Å². The molecule has 112 valence electrons. The van der Waals surface area contributed by atoms with Gasteiger partial charge in [0.25, 0.3) is 0 Å². The molecule has 0 unspecified atom stereocenters. The van der Waals surface area contributed by atoms with Crippen LogP contribution in [0.4, 0.5) is 10.8 Å². The van der Waals surface area contributed by atoms with Crippen molar-refractivity contribution >= 4 is 32.2 Å². The van der Waals surface area contributed by atoms with Gasteiger partial charge in [0.05, 0.1) is 11.9 Å². The molecule has 0 aliphatic heterocycles. The zero-order valence-corrected chi connectivity index (χ0v) is 13.5. The first-order valence-electron chi connectivity index (χ1n) is 6.73. The molecule has 1 aliphatic rings. The highest BCUT2D eigenvalue weighted by Gasteiger charge is 2.22. The summed E-state index contributed by atoms with van der Waals surface area (Å²) in [5, 5.41) is 4.37. The normalized spacial score (nSPS) is 15.0. The molecule has 2 aromatic rings. The second-order valence-electron chi connectivity index (χ2n) is 5.29. The lowest BCUT2D eigenvalue weighted by molar-refractivity contribution is 0.607. The van der Waals surface area contributed by atoms with E-state index in [0.29, 0.717) is 11.7 Å². The van der Waals surface area contributed by atoms with Crippen molar-refractivity contribution in [3.05, 3.63) is 29.1 Å². The number of sulfonamides is 1. The molecule has 1 aromatic heterocycles. The summed E-state index contributed by atoms with van der Waals surface area (Å²) in [4.78, 5) is 5.79. The average Bonchev–Trinajstić information content (AvgIpc) is 3.11. The number of benzene rings is 1. The minimum absolute atomic E-state index is 0.561. The third kappa shape index (κ3) is 3.74. The molecule has 1 aliphatic carbocycles. The number of aryl methyl sites for hydroxylation is 1. The Hall–Kier alpha value is -1.60. The van der Waals surface area contributed by atoms with Crippen LogP contribution in [-0.4, -0.2) is 25.7 Å². The van der Waals surface area contributed by atoms with Crippen LogP contribution >= 0.6 is 11.3 Å². The van der Waals surface area contributed by atoms with Crippen molar-refractivity contribution in [2.24, 2.45) is 0 Å². The van der Waals surface area contributed by atoms with Gasteiger partial charge in [0.15, 0.2) is 5.13 Å². The van der Waals surface area contributed by atoms with E-state index in [1.165, 1.54) is 12.8 Å². The zero-order valence-electron chi connectivity index (χ0n) is 11.9. The second-order valence-corrected chi connectivity index (χ2v) is 8.25. The van der Waals surface area contributed by atoms with Crippen LogP contribution in [0, 0.1) is 6.92 Å². The molecule has 5 nitrogen and oxygen atoms in total. The van der Waals surface area contributed by atoms with Crippen molar-refractivity contribution in [2.75, 3.05) is 16.3 Å². The fourth-order valence-corrected chi connectivity index (χ4v) is 3.52. The van der Waals surface area contributed by atoms with E-state index < -0.39 is 10.0 Å². The van der Waals surface area contributed by atoms with Crippen LogP contribution in [0.3, 0.4) is 0 Å². The van der Waals surface area contributed by atoms with Gasteiger partial charge in [-0.25, -0.2) is 13.4 Å². The van der Waals surface area contributed by atoms with Gasteiger partial charge in [-0.05, 0) is 31.9 Å². The SMILES string of the molecule is Cc1sc(NC2CC2)nc1-c1ccc(NS(C)(=O)=O)cc1. The third-order valence-corrected chi connectivity index (χ3v) is 4.67. The first kappa shape index (κ1) is 14.3. The van der Waals surface area contributed by atoms with Gasteiger partial charge in [-0.1, -0.05) is 12.1 Å². The van der Waals surface area contributed by atoms with E-state index in [1.807, 2.05) is 19.1 Å². The van der Waals surface area contributed by atoms with Crippen LogP contribution in [0.2, 0.25) is 0 Å². The molecule has 3 rings (SSSR count). The highest BCUT2D eigenvalue weighted by atomic mass is 32.2. The van der Waals surface area contributed by atoms with Crippen molar-refractivity contribution in [2.45, 2.75) is 25.8 Å². The second kappa shape index (κ2) is 5.31. The van der Waals surface area contributed by atoms with E-state index in [0.717, 1.165) is 27.5 Å². The topological polar surface area (TPSA) is 71.1 Å². The molecule has 1 saturated carbocycles. The Morgan fingerprint density at radius 3 is 2.48 bits per heavy atom. The molecule has 7 heteroatoms. The van der Waals surface area contributed by atoms with E-state index in [9.17, 15) is 8.42 Å². The number of nitrogens with zero attached hydrogens (tertiary/aromatic N) is 1. The number of rotatable bonds is 5. The smallest absolute Gasteiger partial charge is 0.229 e. The maximum atomic E-state index is 11.2. The van der Waals surface area contributed by atoms with Gasteiger partial charge in [-0.2, -0.15) is 0 Å². The molecule has 0 amide bonds. The molecule has 0 radical (unpaired) electrons. The van der Waals surface area contributed by atoms with Gasteiger partial charge in [-0.15, -0.1) is 11.3 Å². The van der Waals surface area contributed by atoms with Crippen molar-refractivity contribution in [1.29, 1.82) is 0 Å². The molecule has 21 heavy (non-hydrogen) atoms. The van der Waals surface area contributed by atoms with Crippen LogP contribution < -0.4 is 10.0 Å².